The number of hydrogen-bond acceptors (Lipinski definition) is 2. The second-order valence-electron chi connectivity index (χ2n) is 4.75. The minimum atomic E-state index is -1.05. The summed E-state index contributed by atoms with van der Waals surface area (Å²) in [6.07, 6.45) is 2.34. The Hall–Kier alpha value is -1.75. The number of urea groups is 1. The summed E-state index contributed by atoms with van der Waals surface area (Å²) in [7, 11) is 1.73. The Kier molecular flexibility index (Phi) is 3.95. The van der Waals surface area contributed by atoms with Crippen molar-refractivity contribution in [2.75, 3.05) is 18.9 Å². The van der Waals surface area contributed by atoms with Crippen molar-refractivity contribution in [1.29, 1.82) is 0 Å². The third-order valence-corrected chi connectivity index (χ3v) is 3.35. The Bertz CT molecular complexity index is 515. The SMILES string of the molecule is CN(CC1CC1)C(=O)Nc1ccc(C(=O)O)cc1Cl. The van der Waals surface area contributed by atoms with E-state index in [0.717, 1.165) is 6.54 Å². The van der Waals surface area contributed by atoms with Gasteiger partial charge in [0.05, 0.1) is 16.3 Å². The topological polar surface area (TPSA) is 69.6 Å². The lowest BCUT2D eigenvalue weighted by Crippen LogP contribution is -2.33. The Morgan fingerprint density at radius 2 is 2.16 bits per heavy atom. The molecule has 0 spiro atoms. The number of nitrogens with zero attached hydrogens (tertiary/aromatic N) is 1. The summed E-state index contributed by atoms with van der Waals surface area (Å²) >= 11 is 5.94. The summed E-state index contributed by atoms with van der Waals surface area (Å²) in [4.78, 5) is 24.3. The average Bonchev–Trinajstić information content (AvgIpc) is 3.15. The van der Waals surface area contributed by atoms with Crippen LogP contribution in [-0.4, -0.2) is 35.6 Å². The third-order valence-electron chi connectivity index (χ3n) is 3.03. The molecule has 1 fully saturated rings. The van der Waals surface area contributed by atoms with Crippen LogP contribution in [0, 0.1) is 5.92 Å². The molecule has 0 aliphatic heterocycles. The summed E-state index contributed by atoms with van der Waals surface area (Å²) in [6.45, 7) is 0.733. The largest absolute Gasteiger partial charge is 0.478 e. The van der Waals surface area contributed by atoms with Gasteiger partial charge in [-0.2, -0.15) is 0 Å². The fourth-order valence-electron chi connectivity index (χ4n) is 1.73. The molecule has 1 aliphatic carbocycles. The smallest absolute Gasteiger partial charge is 0.335 e. The van der Waals surface area contributed by atoms with E-state index in [1.807, 2.05) is 0 Å². The fourth-order valence-corrected chi connectivity index (χ4v) is 1.96. The van der Waals surface area contributed by atoms with Crippen LogP contribution in [0.2, 0.25) is 5.02 Å². The standard InChI is InChI=1S/C13H15ClN2O3/c1-16(7-8-2-3-8)13(19)15-11-5-4-9(12(17)18)6-10(11)14/h4-6,8H,2-3,7H2,1H3,(H,15,19)(H,17,18). The van der Waals surface area contributed by atoms with Crippen LogP contribution in [0.5, 0.6) is 0 Å². The summed E-state index contributed by atoms with van der Waals surface area (Å²) in [5, 5.41) is 11.7. The molecule has 5 nitrogen and oxygen atoms in total. The van der Waals surface area contributed by atoms with E-state index in [0.29, 0.717) is 11.6 Å². The molecule has 1 aliphatic rings. The van der Waals surface area contributed by atoms with Crippen LogP contribution in [0.4, 0.5) is 10.5 Å². The minimum Gasteiger partial charge on any atom is -0.478 e. The first-order valence-corrected chi connectivity index (χ1v) is 6.40. The van der Waals surface area contributed by atoms with Gasteiger partial charge in [0.2, 0.25) is 0 Å². The number of hydrogen-bond donors (Lipinski definition) is 2. The Labute approximate surface area is 116 Å². The predicted octanol–water partition coefficient (Wildman–Crippen LogP) is 2.91. The molecule has 2 rings (SSSR count). The number of halogens is 1. The zero-order chi connectivity index (χ0) is 14.0. The Morgan fingerprint density at radius 3 is 2.68 bits per heavy atom. The maximum Gasteiger partial charge on any atom is 0.335 e. The van der Waals surface area contributed by atoms with Crippen molar-refractivity contribution in [2.45, 2.75) is 12.8 Å². The highest BCUT2D eigenvalue weighted by atomic mass is 35.5. The second-order valence-corrected chi connectivity index (χ2v) is 5.16. The quantitative estimate of drug-likeness (QED) is 0.892. The van der Waals surface area contributed by atoms with Crippen molar-refractivity contribution in [3.05, 3.63) is 28.8 Å². The minimum absolute atomic E-state index is 0.0920. The molecule has 6 heteroatoms. The summed E-state index contributed by atoms with van der Waals surface area (Å²) < 4.78 is 0. The van der Waals surface area contributed by atoms with E-state index in [1.165, 1.54) is 31.0 Å². The molecular formula is C13H15ClN2O3. The number of nitrogens with one attached hydrogen (secondary N) is 1. The number of carboxylic acid groups (broad SMARTS) is 1. The van der Waals surface area contributed by atoms with Gasteiger partial charge in [-0.1, -0.05) is 11.6 Å². The first-order valence-electron chi connectivity index (χ1n) is 6.02. The molecular weight excluding hydrogens is 268 g/mol. The predicted molar refractivity (Wildman–Crippen MR) is 72.8 cm³/mol. The van der Waals surface area contributed by atoms with Gasteiger partial charge < -0.3 is 15.3 Å². The molecule has 1 aromatic rings. The van der Waals surface area contributed by atoms with Crippen LogP contribution in [0.25, 0.3) is 0 Å². The van der Waals surface area contributed by atoms with E-state index >= 15 is 0 Å². The summed E-state index contributed by atoms with van der Waals surface area (Å²) in [5.74, 6) is -0.439. The highest BCUT2D eigenvalue weighted by Gasteiger charge is 2.25. The van der Waals surface area contributed by atoms with E-state index in [4.69, 9.17) is 16.7 Å². The van der Waals surface area contributed by atoms with Crippen LogP contribution < -0.4 is 5.32 Å². The van der Waals surface area contributed by atoms with E-state index in [1.54, 1.807) is 11.9 Å². The van der Waals surface area contributed by atoms with Gasteiger partial charge in [-0.3, -0.25) is 0 Å². The van der Waals surface area contributed by atoms with Gasteiger partial charge in [0.25, 0.3) is 0 Å². The molecule has 1 aromatic carbocycles. The van der Waals surface area contributed by atoms with Crippen LogP contribution in [0.1, 0.15) is 23.2 Å². The van der Waals surface area contributed by atoms with Gasteiger partial charge in [-0.05, 0) is 37.0 Å². The van der Waals surface area contributed by atoms with Gasteiger partial charge in [0, 0.05) is 13.6 Å². The van der Waals surface area contributed by atoms with Crippen molar-refractivity contribution in [2.24, 2.45) is 5.92 Å². The van der Waals surface area contributed by atoms with Crippen molar-refractivity contribution < 1.29 is 14.7 Å². The molecule has 0 unspecified atom stereocenters. The zero-order valence-electron chi connectivity index (χ0n) is 10.5. The normalized spacial score (nSPS) is 14.0. The maximum atomic E-state index is 11.9. The Balaban J connectivity index is 2.01. The number of amides is 2. The number of carboxylic acids is 1. The zero-order valence-corrected chi connectivity index (χ0v) is 11.3. The molecule has 19 heavy (non-hydrogen) atoms. The number of aromatic carboxylic acids is 1. The lowest BCUT2D eigenvalue weighted by molar-refractivity contribution is 0.0697. The van der Waals surface area contributed by atoms with Gasteiger partial charge >= 0.3 is 12.0 Å². The number of carbonyl (C=O) groups is 2. The molecule has 0 bridgehead atoms. The number of benzene rings is 1. The Morgan fingerprint density at radius 1 is 1.47 bits per heavy atom. The molecule has 0 atom stereocenters. The lowest BCUT2D eigenvalue weighted by Gasteiger charge is -2.18. The molecule has 2 amide bonds. The van der Waals surface area contributed by atoms with Crippen molar-refractivity contribution in [1.82, 2.24) is 4.90 Å². The van der Waals surface area contributed by atoms with Crippen molar-refractivity contribution in [3.63, 3.8) is 0 Å². The monoisotopic (exact) mass is 282 g/mol. The average molecular weight is 283 g/mol. The van der Waals surface area contributed by atoms with Gasteiger partial charge in [-0.25, -0.2) is 9.59 Å². The fraction of sp³-hybridized carbons (Fsp3) is 0.385. The van der Waals surface area contributed by atoms with E-state index < -0.39 is 5.97 Å². The first kappa shape index (κ1) is 13.7. The number of anilines is 1. The molecule has 102 valence electrons. The number of carbonyl (C=O) groups excluding carboxylic acids is 1. The highest BCUT2D eigenvalue weighted by molar-refractivity contribution is 6.34. The number of rotatable bonds is 4. The highest BCUT2D eigenvalue weighted by Crippen LogP contribution is 2.29. The first-order chi connectivity index (χ1) is 8.97. The van der Waals surface area contributed by atoms with Gasteiger partial charge in [0.15, 0.2) is 0 Å². The van der Waals surface area contributed by atoms with Gasteiger partial charge in [-0.15, -0.1) is 0 Å². The summed E-state index contributed by atoms with van der Waals surface area (Å²) in [5.41, 5.74) is 0.508. The third kappa shape index (κ3) is 3.61. The van der Waals surface area contributed by atoms with Crippen LogP contribution >= 0.6 is 11.6 Å². The molecule has 0 aromatic heterocycles. The van der Waals surface area contributed by atoms with Crippen LogP contribution in [0.15, 0.2) is 18.2 Å². The molecule has 0 heterocycles. The lowest BCUT2D eigenvalue weighted by atomic mass is 10.2. The second kappa shape index (κ2) is 5.48. The van der Waals surface area contributed by atoms with Crippen LogP contribution in [-0.2, 0) is 0 Å². The van der Waals surface area contributed by atoms with E-state index in [9.17, 15) is 9.59 Å². The van der Waals surface area contributed by atoms with Gasteiger partial charge in [0.1, 0.15) is 0 Å². The molecule has 0 saturated heterocycles. The summed E-state index contributed by atoms with van der Waals surface area (Å²) in [6, 6.07) is 3.98. The van der Waals surface area contributed by atoms with Crippen LogP contribution in [0.3, 0.4) is 0 Å². The maximum absolute atomic E-state index is 11.9. The van der Waals surface area contributed by atoms with E-state index in [2.05, 4.69) is 5.32 Å². The molecule has 0 radical (unpaired) electrons. The molecule has 1 saturated carbocycles. The van der Waals surface area contributed by atoms with Crippen molar-refractivity contribution >= 4 is 29.3 Å². The molecule has 2 N–H and O–H groups in total. The van der Waals surface area contributed by atoms with E-state index in [-0.39, 0.29) is 16.6 Å². The van der Waals surface area contributed by atoms with Crippen molar-refractivity contribution in [3.8, 4) is 0 Å².